The van der Waals surface area contributed by atoms with Crippen molar-refractivity contribution >= 4 is 5.69 Å². The predicted molar refractivity (Wildman–Crippen MR) is 64.4 cm³/mol. The number of nitrogens with one attached hydrogen (secondary N) is 1. The van der Waals surface area contributed by atoms with E-state index in [1.807, 2.05) is 20.9 Å². The van der Waals surface area contributed by atoms with Gasteiger partial charge in [0, 0.05) is 17.7 Å². The molecule has 0 fully saturated rings. The molecule has 1 rings (SSSR count). The molecule has 0 saturated heterocycles. The Bertz CT molecular complexity index is 409. The fourth-order valence-corrected chi connectivity index (χ4v) is 1.70. The molecule has 1 N–H and O–H groups in total. The average Bonchev–Trinajstić information content (AvgIpc) is 2.27. The van der Waals surface area contributed by atoms with Crippen molar-refractivity contribution in [3.8, 4) is 0 Å². The van der Waals surface area contributed by atoms with Gasteiger partial charge in [0.25, 0.3) is 5.69 Å². The number of benzene rings is 1. The summed E-state index contributed by atoms with van der Waals surface area (Å²) < 4.78 is 13.1. The van der Waals surface area contributed by atoms with E-state index in [1.54, 1.807) is 0 Å². The van der Waals surface area contributed by atoms with Crippen molar-refractivity contribution in [2.75, 3.05) is 7.05 Å². The minimum Gasteiger partial charge on any atom is -0.317 e. The summed E-state index contributed by atoms with van der Waals surface area (Å²) in [6.45, 7) is 3.98. The van der Waals surface area contributed by atoms with Gasteiger partial charge in [-0.3, -0.25) is 10.1 Å². The Labute approximate surface area is 100.0 Å². The minimum absolute atomic E-state index is 0.0125. The fraction of sp³-hybridized carbons (Fsp3) is 0.500. The largest absolute Gasteiger partial charge is 0.317 e. The monoisotopic (exact) mass is 240 g/mol. The van der Waals surface area contributed by atoms with Gasteiger partial charge in [0.05, 0.1) is 4.92 Å². The number of hydrogen-bond acceptors (Lipinski definition) is 3. The van der Waals surface area contributed by atoms with Crippen molar-refractivity contribution in [1.82, 2.24) is 5.32 Å². The number of halogens is 1. The van der Waals surface area contributed by atoms with Gasteiger partial charge >= 0.3 is 0 Å². The van der Waals surface area contributed by atoms with Crippen molar-refractivity contribution in [3.63, 3.8) is 0 Å². The van der Waals surface area contributed by atoms with Crippen LogP contribution in [-0.4, -0.2) is 18.0 Å². The fourth-order valence-electron chi connectivity index (χ4n) is 1.70. The molecule has 1 aromatic carbocycles. The van der Waals surface area contributed by atoms with E-state index in [9.17, 15) is 14.5 Å². The minimum atomic E-state index is -0.467. The molecular weight excluding hydrogens is 223 g/mol. The van der Waals surface area contributed by atoms with Crippen LogP contribution in [-0.2, 0) is 6.42 Å². The Morgan fingerprint density at radius 2 is 2.12 bits per heavy atom. The van der Waals surface area contributed by atoms with E-state index in [0.717, 1.165) is 6.07 Å². The number of nitrogens with zero attached hydrogens (tertiary/aromatic N) is 1. The molecule has 0 aliphatic carbocycles. The van der Waals surface area contributed by atoms with E-state index >= 15 is 0 Å². The van der Waals surface area contributed by atoms with Crippen molar-refractivity contribution < 1.29 is 9.31 Å². The van der Waals surface area contributed by atoms with E-state index in [2.05, 4.69) is 5.32 Å². The van der Waals surface area contributed by atoms with Crippen LogP contribution in [0.2, 0.25) is 0 Å². The number of nitro benzene ring substituents is 1. The summed E-state index contributed by atoms with van der Waals surface area (Å²) in [7, 11) is 1.83. The first-order chi connectivity index (χ1) is 7.95. The molecule has 0 heterocycles. The lowest BCUT2D eigenvalue weighted by Crippen LogP contribution is -2.30. The Hall–Kier alpha value is -1.49. The van der Waals surface area contributed by atoms with Gasteiger partial charge in [-0.1, -0.05) is 6.92 Å². The molecule has 0 bridgehead atoms. The van der Waals surface area contributed by atoms with Crippen LogP contribution in [0.3, 0.4) is 0 Å². The number of rotatable bonds is 5. The number of nitro groups is 1. The van der Waals surface area contributed by atoms with E-state index in [1.165, 1.54) is 12.1 Å². The second-order valence-corrected chi connectivity index (χ2v) is 4.29. The van der Waals surface area contributed by atoms with Gasteiger partial charge in [-0.15, -0.1) is 0 Å². The van der Waals surface area contributed by atoms with Crippen LogP contribution in [0, 0.1) is 21.8 Å². The maximum Gasteiger partial charge on any atom is 0.272 e. The summed E-state index contributed by atoms with van der Waals surface area (Å²) in [5.41, 5.74) is 0.436. The third-order valence-corrected chi connectivity index (χ3v) is 3.09. The third-order valence-electron chi connectivity index (χ3n) is 3.09. The van der Waals surface area contributed by atoms with Crippen LogP contribution in [0.15, 0.2) is 18.2 Å². The standard InChI is InChI=1S/C12H17FN2O2/c1-8(9(2)14-3)6-10-7-11(13)4-5-12(10)15(16)17/h4-5,7-9,14H,6H2,1-3H3. The van der Waals surface area contributed by atoms with Crippen LogP contribution in [0.1, 0.15) is 19.4 Å². The maximum absolute atomic E-state index is 13.1. The second kappa shape index (κ2) is 5.72. The zero-order chi connectivity index (χ0) is 13.0. The summed E-state index contributed by atoms with van der Waals surface area (Å²) in [6, 6.07) is 3.81. The molecule has 94 valence electrons. The van der Waals surface area contributed by atoms with Crippen molar-refractivity contribution in [2.24, 2.45) is 5.92 Å². The smallest absolute Gasteiger partial charge is 0.272 e. The normalized spacial score (nSPS) is 14.4. The highest BCUT2D eigenvalue weighted by Crippen LogP contribution is 2.23. The molecule has 0 saturated carbocycles. The maximum atomic E-state index is 13.1. The van der Waals surface area contributed by atoms with Gasteiger partial charge < -0.3 is 5.32 Å². The lowest BCUT2D eigenvalue weighted by atomic mass is 9.94. The van der Waals surface area contributed by atoms with Crippen LogP contribution >= 0.6 is 0 Å². The highest BCUT2D eigenvalue weighted by molar-refractivity contribution is 5.40. The van der Waals surface area contributed by atoms with Crippen molar-refractivity contribution in [2.45, 2.75) is 26.3 Å². The molecular formula is C12H17FN2O2. The summed E-state index contributed by atoms with van der Waals surface area (Å²) in [4.78, 5) is 10.4. The van der Waals surface area contributed by atoms with Gasteiger partial charge in [-0.2, -0.15) is 0 Å². The molecule has 2 unspecified atom stereocenters. The van der Waals surface area contributed by atoms with Gasteiger partial charge in [0.15, 0.2) is 0 Å². The van der Waals surface area contributed by atoms with E-state index in [0.29, 0.717) is 12.0 Å². The molecule has 0 aliphatic heterocycles. The molecule has 0 aromatic heterocycles. The summed E-state index contributed by atoms with van der Waals surface area (Å²) >= 11 is 0. The lowest BCUT2D eigenvalue weighted by molar-refractivity contribution is -0.385. The highest BCUT2D eigenvalue weighted by Gasteiger charge is 2.19. The topological polar surface area (TPSA) is 55.2 Å². The Morgan fingerprint density at radius 1 is 1.47 bits per heavy atom. The first-order valence-corrected chi connectivity index (χ1v) is 5.55. The quantitative estimate of drug-likeness (QED) is 0.635. The molecule has 17 heavy (non-hydrogen) atoms. The van der Waals surface area contributed by atoms with Crippen LogP contribution in [0.25, 0.3) is 0 Å². The summed E-state index contributed by atoms with van der Waals surface area (Å²) in [5.74, 6) is -0.240. The number of hydrogen-bond donors (Lipinski definition) is 1. The van der Waals surface area contributed by atoms with Gasteiger partial charge in [-0.25, -0.2) is 4.39 Å². The Kier molecular flexibility index (Phi) is 4.57. The Morgan fingerprint density at radius 3 is 2.65 bits per heavy atom. The van der Waals surface area contributed by atoms with Crippen LogP contribution in [0.5, 0.6) is 0 Å². The van der Waals surface area contributed by atoms with Crippen LogP contribution in [0.4, 0.5) is 10.1 Å². The zero-order valence-corrected chi connectivity index (χ0v) is 10.2. The molecule has 0 spiro atoms. The second-order valence-electron chi connectivity index (χ2n) is 4.29. The Balaban J connectivity index is 2.96. The molecule has 0 radical (unpaired) electrons. The van der Waals surface area contributed by atoms with Crippen LogP contribution < -0.4 is 5.32 Å². The van der Waals surface area contributed by atoms with Gasteiger partial charge in [0.2, 0.25) is 0 Å². The van der Waals surface area contributed by atoms with Crippen molar-refractivity contribution in [3.05, 3.63) is 39.7 Å². The van der Waals surface area contributed by atoms with Gasteiger partial charge in [-0.05, 0) is 38.4 Å². The molecule has 0 aliphatic rings. The molecule has 4 nitrogen and oxygen atoms in total. The highest BCUT2D eigenvalue weighted by atomic mass is 19.1. The van der Waals surface area contributed by atoms with Gasteiger partial charge in [0.1, 0.15) is 5.82 Å². The molecule has 2 atom stereocenters. The van der Waals surface area contributed by atoms with E-state index < -0.39 is 10.7 Å². The lowest BCUT2D eigenvalue weighted by Gasteiger charge is -2.19. The average molecular weight is 240 g/mol. The first-order valence-electron chi connectivity index (χ1n) is 5.55. The zero-order valence-electron chi connectivity index (χ0n) is 10.2. The molecule has 1 aromatic rings. The molecule has 0 amide bonds. The summed E-state index contributed by atoms with van der Waals surface area (Å²) in [6.07, 6.45) is 0.482. The van der Waals surface area contributed by atoms with E-state index in [4.69, 9.17) is 0 Å². The summed E-state index contributed by atoms with van der Waals surface area (Å²) in [5, 5.41) is 13.9. The first kappa shape index (κ1) is 13.6. The van der Waals surface area contributed by atoms with E-state index in [-0.39, 0.29) is 17.6 Å². The molecule has 5 heteroatoms. The SMILES string of the molecule is CNC(C)C(C)Cc1cc(F)ccc1[N+](=O)[O-]. The predicted octanol–water partition coefficient (Wildman–Crippen LogP) is 2.52. The van der Waals surface area contributed by atoms with Crippen molar-refractivity contribution in [1.29, 1.82) is 0 Å². The third kappa shape index (κ3) is 3.49.